The van der Waals surface area contributed by atoms with Crippen molar-refractivity contribution in [3.8, 4) is 0 Å². The van der Waals surface area contributed by atoms with E-state index in [-0.39, 0.29) is 5.91 Å². The molecule has 2 aromatic carbocycles. The highest BCUT2D eigenvalue weighted by Gasteiger charge is 2.29. The molecule has 0 radical (unpaired) electrons. The van der Waals surface area contributed by atoms with E-state index in [0.717, 1.165) is 44.8 Å². The molecule has 1 aliphatic rings. The van der Waals surface area contributed by atoms with Crippen LogP contribution in [-0.4, -0.2) is 55.0 Å². The minimum atomic E-state index is -0.504. The molecule has 27 heavy (non-hydrogen) atoms. The van der Waals surface area contributed by atoms with Gasteiger partial charge in [0.1, 0.15) is 0 Å². The van der Waals surface area contributed by atoms with Gasteiger partial charge in [-0.2, -0.15) is 0 Å². The van der Waals surface area contributed by atoms with Gasteiger partial charge in [0.25, 0.3) is 0 Å². The first kappa shape index (κ1) is 19.6. The van der Waals surface area contributed by atoms with E-state index in [1.807, 2.05) is 44.2 Å². The number of hydrogen-bond acceptors (Lipinski definition) is 3. The van der Waals surface area contributed by atoms with Gasteiger partial charge in [-0.05, 0) is 25.0 Å². The second-order valence-electron chi connectivity index (χ2n) is 7.85. The zero-order valence-corrected chi connectivity index (χ0v) is 16.5. The lowest BCUT2D eigenvalue weighted by Gasteiger charge is -2.35. The van der Waals surface area contributed by atoms with Gasteiger partial charge in [0.05, 0.1) is 5.41 Å². The molecule has 3 rings (SSSR count). The van der Waals surface area contributed by atoms with Gasteiger partial charge in [-0.1, -0.05) is 60.7 Å². The number of amides is 1. The number of piperazine rings is 1. The summed E-state index contributed by atoms with van der Waals surface area (Å²) in [4.78, 5) is 17.6. The highest BCUT2D eigenvalue weighted by Crippen LogP contribution is 2.22. The number of carbonyl (C=O) groups excluding carboxylic acids is 1. The molecule has 0 bridgehead atoms. The summed E-state index contributed by atoms with van der Waals surface area (Å²) in [5.41, 5.74) is 1.92. The average Bonchev–Trinajstić information content (AvgIpc) is 2.70. The molecule has 0 atom stereocenters. The molecule has 1 N–H and O–H groups in total. The highest BCUT2D eigenvalue weighted by molar-refractivity contribution is 5.87. The highest BCUT2D eigenvalue weighted by atomic mass is 16.2. The Morgan fingerprint density at radius 1 is 0.889 bits per heavy atom. The molecule has 0 aromatic heterocycles. The summed E-state index contributed by atoms with van der Waals surface area (Å²) in [6.45, 7) is 10.9. The number of rotatable bonds is 7. The van der Waals surface area contributed by atoms with E-state index >= 15 is 0 Å². The van der Waals surface area contributed by atoms with Crippen LogP contribution in [0.3, 0.4) is 0 Å². The Bertz CT molecular complexity index is 707. The zero-order chi connectivity index (χ0) is 19.1. The summed E-state index contributed by atoms with van der Waals surface area (Å²) in [5.74, 6) is 0.0939. The van der Waals surface area contributed by atoms with Crippen LogP contribution >= 0.6 is 0 Å². The van der Waals surface area contributed by atoms with Crippen molar-refractivity contribution < 1.29 is 4.79 Å². The van der Waals surface area contributed by atoms with Crippen molar-refractivity contribution in [3.05, 3.63) is 71.8 Å². The third-order valence-electron chi connectivity index (χ3n) is 5.49. The largest absolute Gasteiger partial charge is 0.354 e. The predicted octanol–water partition coefficient (Wildman–Crippen LogP) is 2.90. The lowest BCUT2D eigenvalue weighted by Crippen LogP contribution is -2.49. The first-order valence-corrected chi connectivity index (χ1v) is 9.88. The van der Waals surface area contributed by atoms with Gasteiger partial charge in [-0.25, -0.2) is 0 Å². The van der Waals surface area contributed by atoms with E-state index in [9.17, 15) is 4.79 Å². The third kappa shape index (κ3) is 5.41. The van der Waals surface area contributed by atoms with Gasteiger partial charge in [-0.3, -0.25) is 14.6 Å². The maximum absolute atomic E-state index is 12.6. The van der Waals surface area contributed by atoms with Crippen LogP contribution < -0.4 is 5.32 Å². The van der Waals surface area contributed by atoms with Crippen molar-refractivity contribution >= 4 is 5.91 Å². The van der Waals surface area contributed by atoms with E-state index < -0.39 is 5.41 Å². The Morgan fingerprint density at radius 2 is 1.44 bits per heavy atom. The third-order valence-corrected chi connectivity index (χ3v) is 5.49. The second-order valence-corrected chi connectivity index (χ2v) is 7.85. The van der Waals surface area contributed by atoms with Gasteiger partial charge in [0.15, 0.2) is 0 Å². The van der Waals surface area contributed by atoms with Crippen molar-refractivity contribution in [2.45, 2.75) is 25.8 Å². The lowest BCUT2D eigenvalue weighted by molar-refractivity contribution is -0.125. The quantitative estimate of drug-likeness (QED) is 0.819. The average molecular weight is 366 g/mol. The smallest absolute Gasteiger partial charge is 0.230 e. The van der Waals surface area contributed by atoms with Crippen LogP contribution in [0, 0.1) is 0 Å². The molecule has 1 saturated heterocycles. The number of nitrogens with one attached hydrogen (secondary N) is 1. The first-order chi connectivity index (χ1) is 13.1. The van der Waals surface area contributed by atoms with Crippen LogP contribution in [0.25, 0.3) is 0 Å². The molecule has 4 nitrogen and oxygen atoms in total. The van der Waals surface area contributed by atoms with Crippen LogP contribution in [0.4, 0.5) is 0 Å². The van der Waals surface area contributed by atoms with Gasteiger partial charge >= 0.3 is 0 Å². The lowest BCUT2D eigenvalue weighted by atomic mass is 9.84. The number of hydrogen-bond donors (Lipinski definition) is 1. The van der Waals surface area contributed by atoms with Gasteiger partial charge in [0.2, 0.25) is 5.91 Å². The molecule has 0 spiro atoms. The fraction of sp³-hybridized carbons (Fsp3) is 0.435. The molecular formula is C23H31N3O. The second kappa shape index (κ2) is 9.16. The van der Waals surface area contributed by atoms with Crippen LogP contribution in [0.5, 0.6) is 0 Å². The normalized spacial score (nSPS) is 16.2. The van der Waals surface area contributed by atoms with E-state index in [4.69, 9.17) is 0 Å². The molecule has 0 unspecified atom stereocenters. The minimum Gasteiger partial charge on any atom is -0.354 e. The van der Waals surface area contributed by atoms with Crippen molar-refractivity contribution in [2.24, 2.45) is 0 Å². The van der Waals surface area contributed by atoms with Crippen molar-refractivity contribution in [1.82, 2.24) is 15.1 Å². The van der Waals surface area contributed by atoms with E-state index in [0.29, 0.717) is 6.54 Å². The van der Waals surface area contributed by atoms with Crippen LogP contribution in [0.2, 0.25) is 0 Å². The summed E-state index contributed by atoms with van der Waals surface area (Å²) in [7, 11) is 0. The van der Waals surface area contributed by atoms with Crippen LogP contribution in [-0.2, 0) is 16.8 Å². The van der Waals surface area contributed by atoms with E-state index in [1.54, 1.807) is 0 Å². The molecule has 1 fully saturated rings. The predicted molar refractivity (Wildman–Crippen MR) is 111 cm³/mol. The van der Waals surface area contributed by atoms with Crippen LogP contribution in [0.15, 0.2) is 60.7 Å². The van der Waals surface area contributed by atoms with Gasteiger partial charge < -0.3 is 5.32 Å². The Kier molecular flexibility index (Phi) is 6.64. The summed E-state index contributed by atoms with van der Waals surface area (Å²) in [5, 5.41) is 3.13. The molecule has 0 saturated carbocycles. The van der Waals surface area contributed by atoms with E-state index in [2.05, 4.69) is 45.4 Å². The minimum absolute atomic E-state index is 0.0939. The molecule has 1 aliphatic heterocycles. The Morgan fingerprint density at radius 3 is 2.07 bits per heavy atom. The maximum Gasteiger partial charge on any atom is 0.230 e. The number of nitrogens with zero attached hydrogens (tertiary/aromatic N) is 2. The van der Waals surface area contributed by atoms with E-state index in [1.165, 1.54) is 5.56 Å². The topological polar surface area (TPSA) is 35.6 Å². The number of carbonyl (C=O) groups is 1. The molecular weight excluding hydrogens is 334 g/mol. The Balaban J connectivity index is 1.38. The van der Waals surface area contributed by atoms with Crippen molar-refractivity contribution in [2.75, 3.05) is 39.3 Å². The first-order valence-electron chi connectivity index (χ1n) is 9.88. The monoisotopic (exact) mass is 365 g/mol. The Labute approximate surface area is 163 Å². The molecule has 1 amide bonds. The van der Waals surface area contributed by atoms with Gasteiger partial charge in [-0.15, -0.1) is 0 Å². The fourth-order valence-corrected chi connectivity index (χ4v) is 3.55. The van der Waals surface area contributed by atoms with Crippen molar-refractivity contribution in [1.29, 1.82) is 0 Å². The Hall–Kier alpha value is -2.17. The fourth-order valence-electron chi connectivity index (χ4n) is 3.55. The molecule has 0 aliphatic carbocycles. The molecule has 1 heterocycles. The summed E-state index contributed by atoms with van der Waals surface area (Å²) in [6, 6.07) is 20.6. The SMILES string of the molecule is CC(C)(C(=O)NCCN1CCN(Cc2ccccc2)CC1)c1ccccc1. The molecule has 4 heteroatoms. The van der Waals surface area contributed by atoms with Crippen LogP contribution in [0.1, 0.15) is 25.0 Å². The molecule has 144 valence electrons. The summed E-state index contributed by atoms with van der Waals surface area (Å²) in [6.07, 6.45) is 0. The van der Waals surface area contributed by atoms with Gasteiger partial charge in [0, 0.05) is 45.8 Å². The standard InChI is InChI=1S/C23H31N3O/c1-23(2,21-11-7-4-8-12-21)22(27)24-13-14-25-15-17-26(18-16-25)19-20-9-5-3-6-10-20/h3-12H,13-19H2,1-2H3,(H,24,27). The molecule has 2 aromatic rings. The van der Waals surface area contributed by atoms with Crippen molar-refractivity contribution in [3.63, 3.8) is 0 Å². The summed E-state index contributed by atoms with van der Waals surface area (Å²) < 4.78 is 0. The summed E-state index contributed by atoms with van der Waals surface area (Å²) >= 11 is 0. The zero-order valence-electron chi connectivity index (χ0n) is 16.5. The maximum atomic E-state index is 12.6. The number of benzene rings is 2.